The first-order valence-electron chi connectivity index (χ1n) is 8.90. The third-order valence-corrected chi connectivity index (χ3v) is 5.21. The summed E-state index contributed by atoms with van der Waals surface area (Å²) in [5, 5.41) is 3.02. The highest BCUT2D eigenvalue weighted by molar-refractivity contribution is 7.98. The summed E-state index contributed by atoms with van der Waals surface area (Å²) in [6, 6.07) is 12.0. The van der Waals surface area contributed by atoms with Gasteiger partial charge in [-0.15, -0.1) is 0 Å². The Bertz CT molecular complexity index is 729. The predicted octanol–water partition coefficient (Wildman–Crippen LogP) is 2.94. The van der Waals surface area contributed by atoms with Crippen LogP contribution >= 0.6 is 11.8 Å². The average molecular weight is 375 g/mol. The number of para-hydroxylation sites is 1. The fraction of sp³-hybridized carbons (Fsp3) is 0.450. The number of hydrogen-bond acceptors (Lipinski definition) is 5. The molecule has 1 aliphatic heterocycles. The van der Waals surface area contributed by atoms with Crippen molar-refractivity contribution >= 4 is 17.7 Å². The molecule has 2 heterocycles. The Hall–Kier alpha value is -1.92. The van der Waals surface area contributed by atoms with Crippen LogP contribution in [0.2, 0.25) is 0 Å². The second-order valence-electron chi connectivity index (χ2n) is 6.77. The van der Waals surface area contributed by atoms with Gasteiger partial charge in [-0.25, -0.2) is 0 Å². The monoisotopic (exact) mass is 374 g/mol. The van der Waals surface area contributed by atoms with E-state index in [2.05, 4.69) is 10.2 Å². The van der Waals surface area contributed by atoms with Crippen LogP contribution in [0, 0.1) is 5.92 Å². The van der Waals surface area contributed by atoms with E-state index in [9.17, 15) is 4.79 Å². The van der Waals surface area contributed by atoms with Crippen molar-refractivity contribution in [3.8, 4) is 5.75 Å². The molecule has 0 fully saturated rings. The molecule has 3 rings (SSSR count). The van der Waals surface area contributed by atoms with E-state index in [4.69, 9.17) is 9.15 Å². The summed E-state index contributed by atoms with van der Waals surface area (Å²) in [6.45, 7) is 1.93. The summed E-state index contributed by atoms with van der Waals surface area (Å²) in [6.07, 6.45) is 0.746. The Morgan fingerprint density at radius 2 is 2.04 bits per heavy atom. The predicted molar refractivity (Wildman–Crippen MR) is 104 cm³/mol. The lowest BCUT2D eigenvalue weighted by Gasteiger charge is -2.24. The first-order chi connectivity index (χ1) is 12.6. The first kappa shape index (κ1) is 18.9. The lowest BCUT2D eigenvalue weighted by molar-refractivity contribution is -0.126. The van der Waals surface area contributed by atoms with Crippen LogP contribution in [0.25, 0.3) is 0 Å². The number of rotatable bonds is 8. The van der Waals surface area contributed by atoms with Gasteiger partial charge in [0, 0.05) is 12.3 Å². The smallest absolute Gasteiger partial charge is 0.226 e. The number of carbonyl (C=O) groups is 1. The second-order valence-corrected chi connectivity index (χ2v) is 7.87. The molecule has 1 unspecified atom stereocenters. The van der Waals surface area contributed by atoms with E-state index < -0.39 is 0 Å². The van der Waals surface area contributed by atoms with Crippen LogP contribution in [0.5, 0.6) is 5.75 Å². The number of ether oxygens (including phenoxy) is 1. The van der Waals surface area contributed by atoms with Crippen molar-refractivity contribution in [3.05, 3.63) is 53.5 Å². The molecule has 1 atom stereocenters. The fourth-order valence-electron chi connectivity index (χ4n) is 2.96. The van der Waals surface area contributed by atoms with Gasteiger partial charge in [0.1, 0.15) is 23.9 Å². The van der Waals surface area contributed by atoms with Crippen LogP contribution in [-0.4, -0.2) is 43.8 Å². The Labute approximate surface area is 159 Å². The van der Waals surface area contributed by atoms with Gasteiger partial charge in [0.2, 0.25) is 5.91 Å². The lowest BCUT2D eigenvalue weighted by Crippen LogP contribution is -2.38. The standard InChI is InChI=1S/C20H26N2O3S/c1-22(2)12-17-7-8-18(25-17)14-26-10-9-21-20(23)16-11-15-5-3-4-6-19(15)24-13-16/h3-8,16H,9-14H2,1-2H3,(H,21,23). The largest absolute Gasteiger partial charge is 0.492 e. The van der Waals surface area contributed by atoms with Gasteiger partial charge in [-0.2, -0.15) is 11.8 Å². The first-order valence-corrected chi connectivity index (χ1v) is 10.1. The van der Waals surface area contributed by atoms with E-state index >= 15 is 0 Å². The van der Waals surface area contributed by atoms with Crippen molar-refractivity contribution in [2.45, 2.75) is 18.7 Å². The van der Waals surface area contributed by atoms with Crippen molar-refractivity contribution in [1.82, 2.24) is 10.2 Å². The minimum atomic E-state index is -0.103. The van der Waals surface area contributed by atoms with Crippen molar-refractivity contribution < 1.29 is 13.9 Å². The van der Waals surface area contributed by atoms with E-state index in [0.29, 0.717) is 13.2 Å². The van der Waals surface area contributed by atoms with Crippen molar-refractivity contribution in [2.75, 3.05) is 33.0 Å². The van der Waals surface area contributed by atoms with Gasteiger partial charge in [-0.3, -0.25) is 4.79 Å². The van der Waals surface area contributed by atoms with Crippen LogP contribution in [0.15, 0.2) is 40.8 Å². The minimum Gasteiger partial charge on any atom is -0.492 e. The third-order valence-electron chi connectivity index (χ3n) is 4.23. The van der Waals surface area contributed by atoms with E-state index in [1.807, 2.05) is 50.5 Å². The third kappa shape index (κ3) is 5.29. The molecular weight excluding hydrogens is 348 g/mol. The summed E-state index contributed by atoms with van der Waals surface area (Å²) in [5.41, 5.74) is 1.11. The molecule has 5 nitrogen and oxygen atoms in total. The lowest BCUT2D eigenvalue weighted by atomic mass is 9.96. The number of furan rings is 1. The molecule has 0 spiro atoms. The zero-order chi connectivity index (χ0) is 18.4. The van der Waals surface area contributed by atoms with Gasteiger partial charge in [-0.05, 0) is 44.3 Å². The molecule has 0 aliphatic carbocycles. The second kappa shape index (κ2) is 9.14. The fourth-order valence-corrected chi connectivity index (χ4v) is 3.70. The molecule has 0 radical (unpaired) electrons. The summed E-state index contributed by atoms with van der Waals surface area (Å²) in [5.74, 6) is 4.52. The van der Waals surface area contributed by atoms with E-state index in [1.54, 1.807) is 11.8 Å². The molecular formula is C20H26N2O3S. The van der Waals surface area contributed by atoms with Gasteiger partial charge < -0.3 is 19.4 Å². The SMILES string of the molecule is CN(C)Cc1ccc(CSCCNC(=O)C2COc3ccccc3C2)o1. The maximum absolute atomic E-state index is 12.3. The van der Waals surface area contributed by atoms with Gasteiger partial charge >= 0.3 is 0 Å². The number of nitrogens with one attached hydrogen (secondary N) is 1. The van der Waals surface area contributed by atoms with Crippen LogP contribution in [0.3, 0.4) is 0 Å². The quantitative estimate of drug-likeness (QED) is 0.720. The van der Waals surface area contributed by atoms with E-state index in [1.165, 1.54) is 0 Å². The molecule has 0 saturated heterocycles. The van der Waals surface area contributed by atoms with E-state index in [0.717, 1.165) is 47.3 Å². The number of amides is 1. The van der Waals surface area contributed by atoms with Crippen LogP contribution in [0.4, 0.5) is 0 Å². The van der Waals surface area contributed by atoms with Crippen molar-refractivity contribution in [2.24, 2.45) is 5.92 Å². The molecule has 0 saturated carbocycles. The molecule has 1 N–H and O–H groups in total. The molecule has 140 valence electrons. The molecule has 6 heteroatoms. The normalized spacial score (nSPS) is 16.2. The van der Waals surface area contributed by atoms with E-state index in [-0.39, 0.29) is 11.8 Å². The average Bonchev–Trinajstić information content (AvgIpc) is 3.07. The topological polar surface area (TPSA) is 54.7 Å². The molecule has 1 amide bonds. The van der Waals surface area contributed by atoms with Crippen LogP contribution < -0.4 is 10.1 Å². The Morgan fingerprint density at radius 1 is 1.23 bits per heavy atom. The van der Waals surface area contributed by atoms with Crippen LogP contribution in [0.1, 0.15) is 17.1 Å². The molecule has 1 aromatic carbocycles. The van der Waals surface area contributed by atoms with Gasteiger partial charge in [0.05, 0.1) is 18.2 Å². The Morgan fingerprint density at radius 3 is 2.88 bits per heavy atom. The number of benzene rings is 1. The minimum absolute atomic E-state index is 0.0753. The molecule has 2 aromatic rings. The Balaban J connectivity index is 1.34. The van der Waals surface area contributed by atoms with Crippen molar-refractivity contribution in [1.29, 1.82) is 0 Å². The molecule has 0 bridgehead atoms. The van der Waals surface area contributed by atoms with Gasteiger partial charge in [0.15, 0.2) is 0 Å². The highest BCUT2D eigenvalue weighted by Gasteiger charge is 2.25. The molecule has 1 aromatic heterocycles. The number of fused-ring (bicyclic) bond motifs is 1. The zero-order valence-corrected chi connectivity index (χ0v) is 16.2. The maximum atomic E-state index is 12.3. The van der Waals surface area contributed by atoms with Gasteiger partial charge in [-0.1, -0.05) is 18.2 Å². The Kier molecular flexibility index (Phi) is 6.63. The summed E-state index contributed by atoms with van der Waals surface area (Å²) >= 11 is 1.76. The summed E-state index contributed by atoms with van der Waals surface area (Å²) in [4.78, 5) is 14.4. The van der Waals surface area contributed by atoms with Crippen LogP contribution in [-0.2, 0) is 23.5 Å². The maximum Gasteiger partial charge on any atom is 0.226 e. The number of thioether (sulfide) groups is 1. The molecule has 1 aliphatic rings. The number of hydrogen-bond donors (Lipinski definition) is 1. The number of carbonyl (C=O) groups excluding carboxylic acids is 1. The highest BCUT2D eigenvalue weighted by atomic mass is 32.2. The zero-order valence-electron chi connectivity index (χ0n) is 15.4. The summed E-state index contributed by atoms with van der Waals surface area (Å²) in [7, 11) is 4.05. The summed E-state index contributed by atoms with van der Waals surface area (Å²) < 4.78 is 11.5. The van der Waals surface area contributed by atoms with Gasteiger partial charge in [0.25, 0.3) is 0 Å². The molecule has 26 heavy (non-hydrogen) atoms. The highest BCUT2D eigenvalue weighted by Crippen LogP contribution is 2.26. The number of nitrogens with zero attached hydrogens (tertiary/aromatic N) is 1. The van der Waals surface area contributed by atoms with Crippen molar-refractivity contribution in [3.63, 3.8) is 0 Å².